The van der Waals surface area contributed by atoms with Crippen molar-refractivity contribution in [2.45, 2.75) is 70.9 Å². The van der Waals surface area contributed by atoms with Gasteiger partial charge in [0.05, 0.1) is 6.10 Å². The van der Waals surface area contributed by atoms with Crippen LogP contribution >= 0.6 is 15.9 Å². The van der Waals surface area contributed by atoms with E-state index in [-0.39, 0.29) is 6.04 Å². The minimum Gasteiger partial charge on any atom is -0.490 e. The van der Waals surface area contributed by atoms with E-state index in [0.717, 1.165) is 16.6 Å². The van der Waals surface area contributed by atoms with E-state index in [4.69, 9.17) is 10.5 Å². The molecule has 0 heterocycles. The number of benzene rings is 1. The van der Waals surface area contributed by atoms with Crippen molar-refractivity contribution in [3.05, 3.63) is 27.7 Å². The summed E-state index contributed by atoms with van der Waals surface area (Å²) in [5.41, 5.74) is 8.42. The fourth-order valence-electron chi connectivity index (χ4n) is 2.99. The van der Waals surface area contributed by atoms with Crippen LogP contribution in [0.4, 0.5) is 0 Å². The van der Waals surface area contributed by atoms with Crippen LogP contribution in [0.5, 0.6) is 5.75 Å². The van der Waals surface area contributed by atoms with Gasteiger partial charge in [0, 0.05) is 10.5 Å². The van der Waals surface area contributed by atoms with Crippen LogP contribution in [-0.4, -0.2) is 12.1 Å². The minimum absolute atomic E-state index is 0.153. The first kappa shape index (κ1) is 15.8. The van der Waals surface area contributed by atoms with E-state index in [1.165, 1.54) is 49.7 Å². The molecule has 0 spiro atoms. The van der Waals surface area contributed by atoms with Crippen LogP contribution < -0.4 is 10.5 Å². The number of hydrogen-bond acceptors (Lipinski definition) is 2. The van der Waals surface area contributed by atoms with Crippen LogP contribution in [0.1, 0.15) is 56.6 Å². The van der Waals surface area contributed by atoms with E-state index < -0.39 is 0 Å². The molecule has 0 aromatic heterocycles. The Hall–Kier alpha value is -0.540. The third-order valence-corrected chi connectivity index (χ3v) is 4.40. The number of hydrogen-bond donors (Lipinski definition) is 1. The lowest BCUT2D eigenvalue weighted by Gasteiger charge is -2.22. The average molecular weight is 340 g/mol. The van der Waals surface area contributed by atoms with Crippen molar-refractivity contribution < 1.29 is 4.74 Å². The molecule has 0 bridgehead atoms. The van der Waals surface area contributed by atoms with Gasteiger partial charge in [-0.3, -0.25) is 0 Å². The summed E-state index contributed by atoms with van der Waals surface area (Å²) < 4.78 is 7.49. The van der Waals surface area contributed by atoms with E-state index in [9.17, 15) is 0 Å². The zero-order valence-electron chi connectivity index (χ0n) is 12.6. The standard InChI is InChI=1S/C17H26BrNO/c1-12-9-15(18)11-14(10-13(2)19)17(12)20-16-7-5-3-4-6-8-16/h9,11,13,16H,3-8,10,19H2,1-2H3. The van der Waals surface area contributed by atoms with Crippen LogP contribution in [0.25, 0.3) is 0 Å². The number of rotatable bonds is 4. The average Bonchev–Trinajstić information content (AvgIpc) is 2.61. The molecule has 0 saturated heterocycles. The molecule has 1 aliphatic carbocycles. The Balaban J connectivity index is 2.19. The van der Waals surface area contributed by atoms with Gasteiger partial charge in [0.25, 0.3) is 0 Å². The van der Waals surface area contributed by atoms with Crippen molar-refractivity contribution in [3.63, 3.8) is 0 Å². The zero-order chi connectivity index (χ0) is 14.5. The van der Waals surface area contributed by atoms with Gasteiger partial charge in [-0.15, -0.1) is 0 Å². The van der Waals surface area contributed by atoms with E-state index in [1.54, 1.807) is 0 Å². The van der Waals surface area contributed by atoms with E-state index in [1.807, 2.05) is 6.92 Å². The molecule has 1 aliphatic rings. The molecule has 2 rings (SSSR count). The molecule has 0 aliphatic heterocycles. The maximum atomic E-state index is 6.38. The summed E-state index contributed by atoms with van der Waals surface area (Å²) in [6.07, 6.45) is 8.91. The lowest BCUT2D eigenvalue weighted by molar-refractivity contribution is 0.180. The molecule has 1 unspecified atom stereocenters. The lowest BCUT2D eigenvalue weighted by Crippen LogP contribution is -2.21. The van der Waals surface area contributed by atoms with Gasteiger partial charge >= 0.3 is 0 Å². The smallest absolute Gasteiger partial charge is 0.125 e. The third kappa shape index (κ3) is 4.49. The van der Waals surface area contributed by atoms with Crippen LogP contribution in [0, 0.1) is 6.92 Å². The number of aryl methyl sites for hydroxylation is 1. The molecule has 0 radical (unpaired) electrons. The molecular weight excluding hydrogens is 314 g/mol. The maximum absolute atomic E-state index is 6.38. The lowest BCUT2D eigenvalue weighted by atomic mass is 10.0. The molecule has 1 atom stereocenters. The van der Waals surface area contributed by atoms with Crippen LogP contribution in [-0.2, 0) is 6.42 Å². The molecule has 2 N–H and O–H groups in total. The van der Waals surface area contributed by atoms with Gasteiger partial charge in [-0.1, -0.05) is 28.8 Å². The SMILES string of the molecule is Cc1cc(Br)cc(CC(C)N)c1OC1CCCCCC1. The van der Waals surface area contributed by atoms with Crippen molar-refractivity contribution in [1.29, 1.82) is 0 Å². The van der Waals surface area contributed by atoms with Crippen molar-refractivity contribution in [1.82, 2.24) is 0 Å². The Morgan fingerprint density at radius 2 is 1.90 bits per heavy atom. The summed E-state index contributed by atoms with van der Waals surface area (Å²) in [5.74, 6) is 1.07. The Morgan fingerprint density at radius 1 is 1.25 bits per heavy atom. The fraction of sp³-hybridized carbons (Fsp3) is 0.647. The van der Waals surface area contributed by atoms with E-state index >= 15 is 0 Å². The normalized spacial score (nSPS) is 18.6. The summed E-state index contributed by atoms with van der Waals surface area (Å²) in [6, 6.07) is 4.44. The van der Waals surface area contributed by atoms with Crippen molar-refractivity contribution in [2.75, 3.05) is 0 Å². The van der Waals surface area contributed by atoms with Crippen LogP contribution in [0.2, 0.25) is 0 Å². The Labute approximate surface area is 131 Å². The van der Waals surface area contributed by atoms with Crippen LogP contribution in [0.3, 0.4) is 0 Å². The highest BCUT2D eigenvalue weighted by Crippen LogP contribution is 2.32. The maximum Gasteiger partial charge on any atom is 0.125 e. The van der Waals surface area contributed by atoms with E-state index in [2.05, 4.69) is 35.0 Å². The zero-order valence-corrected chi connectivity index (χ0v) is 14.2. The molecule has 1 fully saturated rings. The molecule has 3 heteroatoms. The number of ether oxygens (including phenoxy) is 1. The van der Waals surface area contributed by atoms with Crippen molar-refractivity contribution in [3.8, 4) is 5.75 Å². The Kier molecular flexibility index (Phi) is 5.91. The number of halogens is 1. The summed E-state index contributed by atoms with van der Waals surface area (Å²) in [5, 5.41) is 0. The predicted octanol–water partition coefficient (Wildman–Crippen LogP) is 4.75. The molecule has 1 aromatic carbocycles. The largest absolute Gasteiger partial charge is 0.490 e. The molecular formula is C17H26BrNO. The van der Waals surface area contributed by atoms with Gasteiger partial charge in [-0.25, -0.2) is 0 Å². The summed E-state index contributed by atoms with van der Waals surface area (Å²) in [6.45, 7) is 4.17. The molecule has 1 saturated carbocycles. The van der Waals surface area contributed by atoms with Gasteiger partial charge in [-0.05, 0) is 69.2 Å². The van der Waals surface area contributed by atoms with Gasteiger partial charge < -0.3 is 10.5 Å². The minimum atomic E-state index is 0.153. The third-order valence-electron chi connectivity index (χ3n) is 3.94. The van der Waals surface area contributed by atoms with Gasteiger partial charge in [0.15, 0.2) is 0 Å². The first-order valence-electron chi connectivity index (χ1n) is 7.77. The first-order valence-corrected chi connectivity index (χ1v) is 8.57. The second-order valence-electron chi connectivity index (χ2n) is 6.12. The number of nitrogens with two attached hydrogens (primary N) is 1. The van der Waals surface area contributed by atoms with Gasteiger partial charge in [0.1, 0.15) is 5.75 Å². The second-order valence-corrected chi connectivity index (χ2v) is 7.04. The highest BCUT2D eigenvalue weighted by molar-refractivity contribution is 9.10. The van der Waals surface area contributed by atoms with Crippen molar-refractivity contribution >= 4 is 15.9 Å². The second kappa shape index (κ2) is 7.46. The molecule has 2 nitrogen and oxygen atoms in total. The molecule has 20 heavy (non-hydrogen) atoms. The molecule has 0 amide bonds. The van der Waals surface area contributed by atoms with Gasteiger partial charge in [0.2, 0.25) is 0 Å². The summed E-state index contributed by atoms with van der Waals surface area (Å²) >= 11 is 3.58. The quantitative estimate of drug-likeness (QED) is 0.803. The van der Waals surface area contributed by atoms with Crippen LogP contribution in [0.15, 0.2) is 16.6 Å². The van der Waals surface area contributed by atoms with E-state index in [0.29, 0.717) is 6.10 Å². The monoisotopic (exact) mass is 339 g/mol. The fourth-order valence-corrected chi connectivity index (χ4v) is 3.61. The Bertz CT molecular complexity index is 437. The van der Waals surface area contributed by atoms with Gasteiger partial charge in [-0.2, -0.15) is 0 Å². The molecule has 1 aromatic rings. The first-order chi connectivity index (χ1) is 9.56. The highest BCUT2D eigenvalue weighted by Gasteiger charge is 2.18. The molecule has 112 valence electrons. The highest BCUT2D eigenvalue weighted by atomic mass is 79.9. The summed E-state index contributed by atoms with van der Waals surface area (Å²) in [7, 11) is 0. The summed E-state index contributed by atoms with van der Waals surface area (Å²) in [4.78, 5) is 0. The topological polar surface area (TPSA) is 35.2 Å². The predicted molar refractivity (Wildman–Crippen MR) is 88.4 cm³/mol. The Morgan fingerprint density at radius 3 is 2.50 bits per heavy atom. The van der Waals surface area contributed by atoms with Crippen molar-refractivity contribution in [2.24, 2.45) is 5.73 Å².